The second kappa shape index (κ2) is 3.09. The van der Waals surface area contributed by atoms with Crippen LogP contribution in [0.25, 0.3) is 0 Å². The first-order valence-corrected chi connectivity index (χ1v) is 3.39. The Kier molecular flexibility index (Phi) is 2.15. The summed E-state index contributed by atoms with van der Waals surface area (Å²) in [5, 5.41) is 16.9. The van der Waals surface area contributed by atoms with Gasteiger partial charge >= 0.3 is 0 Å². The van der Waals surface area contributed by atoms with Gasteiger partial charge in [-0.1, -0.05) is 0 Å². The second-order valence-corrected chi connectivity index (χ2v) is 2.40. The van der Waals surface area contributed by atoms with Crippen molar-refractivity contribution in [2.75, 3.05) is 0 Å². The Morgan fingerprint density at radius 1 is 1.18 bits per heavy atom. The summed E-state index contributed by atoms with van der Waals surface area (Å²) in [4.78, 5) is 7.27. The highest BCUT2D eigenvalue weighted by Gasteiger charge is 2.05. The highest BCUT2D eigenvalue weighted by Crippen LogP contribution is 2.15. The molecule has 5 heteroatoms. The molecule has 0 aliphatic carbocycles. The molecule has 0 saturated heterocycles. The Hall–Kier alpha value is -1.46. The summed E-state index contributed by atoms with van der Waals surface area (Å²) in [6, 6.07) is 3.64. The fourth-order valence-electron chi connectivity index (χ4n) is 0.526. The summed E-state index contributed by atoms with van der Waals surface area (Å²) in [6.07, 6.45) is 1.18. The van der Waals surface area contributed by atoms with E-state index in [1.54, 1.807) is 0 Å². The van der Waals surface area contributed by atoms with Crippen molar-refractivity contribution in [3.05, 3.63) is 22.2 Å². The van der Waals surface area contributed by atoms with Gasteiger partial charge in [0.15, 0.2) is 11.4 Å². The van der Waals surface area contributed by atoms with Gasteiger partial charge in [-0.05, 0) is 15.9 Å². The molecule has 1 rings (SSSR count). The maximum Gasteiger partial charge on any atom is 0.159 e. The lowest BCUT2D eigenvalue weighted by Gasteiger charge is -1.92. The molecule has 0 amide bonds. The maximum absolute atomic E-state index is 8.46. The molecule has 0 atom stereocenters. The van der Waals surface area contributed by atoms with E-state index in [9.17, 15) is 0 Å². The van der Waals surface area contributed by atoms with Crippen LogP contribution in [0.3, 0.4) is 0 Å². The highest BCUT2D eigenvalue weighted by molar-refractivity contribution is 9.10. The second-order valence-electron chi connectivity index (χ2n) is 1.61. The minimum atomic E-state index is 0.177. The molecule has 0 aliphatic heterocycles. The summed E-state index contributed by atoms with van der Waals surface area (Å²) in [5.41, 5.74) is 0.355. The third-order valence-corrected chi connectivity index (χ3v) is 1.75. The SMILES string of the molecule is N#Cc1ncnc(C#N)c1Br. The van der Waals surface area contributed by atoms with Gasteiger partial charge in [0.05, 0.1) is 4.47 Å². The Bertz CT molecular complexity index is 328. The van der Waals surface area contributed by atoms with E-state index in [0.717, 1.165) is 0 Å². The number of aromatic nitrogens is 2. The number of halogens is 1. The lowest BCUT2D eigenvalue weighted by Crippen LogP contribution is -1.91. The molecule has 0 unspecified atom stereocenters. The van der Waals surface area contributed by atoms with Crippen molar-refractivity contribution < 1.29 is 0 Å². The Labute approximate surface area is 71.3 Å². The molecule has 0 bridgehead atoms. The van der Waals surface area contributed by atoms with Crippen LogP contribution >= 0.6 is 15.9 Å². The first kappa shape index (κ1) is 7.64. The van der Waals surface area contributed by atoms with Crippen molar-refractivity contribution in [3.63, 3.8) is 0 Å². The Morgan fingerprint density at radius 2 is 1.64 bits per heavy atom. The van der Waals surface area contributed by atoms with Gasteiger partial charge in [-0.2, -0.15) is 10.5 Å². The van der Waals surface area contributed by atoms with E-state index in [1.165, 1.54) is 6.33 Å². The minimum Gasteiger partial charge on any atom is -0.224 e. The van der Waals surface area contributed by atoms with Gasteiger partial charge in [0.2, 0.25) is 0 Å². The average Bonchev–Trinajstić information content (AvgIpc) is 2.05. The third kappa shape index (κ3) is 1.34. The summed E-state index contributed by atoms with van der Waals surface area (Å²) >= 11 is 3.03. The van der Waals surface area contributed by atoms with Crippen LogP contribution in [-0.2, 0) is 0 Å². The van der Waals surface area contributed by atoms with Crippen molar-refractivity contribution >= 4 is 15.9 Å². The normalized spacial score (nSPS) is 8.27. The van der Waals surface area contributed by atoms with Gasteiger partial charge in [0.1, 0.15) is 18.5 Å². The number of nitriles is 2. The maximum atomic E-state index is 8.46. The monoisotopic (exact) mass is 208 g/mol. The van der Waals surface area contributed by atoms with Crippen molar-refractivity contribution in [2.24, 2.45) is 0 Å². The molecular weight excluding hydrogens is 208 g/mol. The number of hydrogen-bond acceptors (Lipinski definition) is 4. The molecule has 4 nitrogen and oxygen atoms in total. The predicted molar refractivity (Wildman–Crippen MR) is 39.2 cm³/mol. The van der Waals surface area contributed by atoms with E-state index in [0.29, 0.717) is 4.47 Å². The molecule has 0 spiro atoms. The van der Waals surface area contributed by atoms with Gasteiger partial charge < -0.3 is 0 Å². The standard InChI is InChI=1S/C6HBrN4/c7-6-4(1-8)10-3-11-5(6)2-9/h3H. The first-order chi connectivity index (χ1) is 5.29. The minimum absolute atomic E-state index is 0.177. The third-order valence-electron chi connectivity index (χ3n) is 1.00. The van der Waals surface area contributed by atoms with E-state index >= 15 is 0 Å². The van der Waals surface area contributed by atoms with Crippen LogP contribution in [0.1, 0.15) is 11.4 Å². The molecule has 1 heterocycles. The zero-order valence-electron chi connectivity index (χ0n) is 5.24. The summed E-state index contributed by atoms with van der Waals surface area (Å²) in [7, 11) is 0. The summed E-state index contributed by atoms with van der Waals surface area (Å²) in [5.74, 6) is 0. The van der Waals surface area contributed by atoms with Crippen molar-refractivity contribution in [2.45, 2.75) is 0 Å². The Morgan fingerprint density at radius 3 is 2.00 bits per heavy atom. The quantitative estimate of drug-likeness (QED) is 0.638. The van der Waals surface area contributed by atoms with E-state index in [1.807, 2.05) is 12.1 Å². The van der Waals surface area contributed by atoms with Gasteiger partial charge in [-0.15, -0.1) is 0 Å². The molecule has 0 aliphatic rings. The zero-order valence-corrected chi connectivity index (χ0v) is 6.83. The number of hydrogen-bond donors (Lipinski definition) is 0. The lowest BCUT2D eigenvalue weighted by atomic mass is 10.3. The molecule has 52 valence electrons. The van der Waals surface area contributed by atoms with E-state index in [4.69, 9.17) is 10.5 Å². The van der Waals surface area contributed by atoms with Crippen molar-refractivity contribution in [3.8, 4) is 12.1 Å². The zero-order chi connectivity index (χ0) is 8.27. The van der Waals surface area contributed by atoms with Gasteiger partial charge in [0.25, 0.3) is 0 Å². The molecule has 0 fully saturated rings. The highest BCUT2D eigenvalue weighted by atomic mass is 79.9. The van der Waals surface area contributed by atoms with Crippen LogP contribution in [0.4, 0.5) is 0 Å². The molecule has 0 saturated carbocycles. The molecule has 0 N–H and O–H groups in total. The van der Waals surface area contributed by atoms with E-state index < -0.39 is 0 Å². The van der Waals surface area contributed by atoms with Crippen molar-refractivity contribution in [1.29, 1.82) is 10.5 Å². The Balaban J connectivity index is 3.38. The van der Waals surface area contributed by atoms with Crippen LogP contribution < -0.4 is 0 Å². The molecular formula is C6HBrN4. The molecule has 1 aromatic rings. The first-order valence-electron chi connectivity index (χ1n) is 2.60. The summed E-state index contributed by atoms with van der Waals surface area (Å²) in [6.45, 7) is 0. The smallest absolute Gasteiger partial charge is 0.159 e. The molecule has 0 radical (unpaired) electrons. The summed E-state index contributed by atoms with van der Waals surface area (Å²) < 4.78 is 0.352. The van der Waals surface area contributed by atoms with Crippen LogP contribution in [0, 0.1) is 22.7 Å². The number of rotatable bonds is 0. The average molecular weight is 209 g/mol. The van der Waals surface area contributed by atoms with Crippen LogP contribution in [0.5, 0.6) is 0 Å². The van der Waals surface area contributed by atoms with Crippen LogP contribution in [0.15, 0.2) is 10.8 Å². The molecule has 11 heavy (non-hydrogen) atoms. The topological polar surface area (TPSA) is 73.4 Å². The van der Waals surface area contributed by atoms with Gasteiger partial charge in [-0.25, -0.2) is 9.97 Å². The van der Waals surface area contributed by atoms with Crippen molar-refractivity contribution in [1.82, 2.24) is 9.97 Å². The van der Waals surface area contributed by atoms with Gasteiger partial charge in [0, 0.05) is 0 Å². The fourth-order valence-corrected chi connectivity index (χ4v) is 0.908. The van der Waals surface area contributed by atoms with E-state index in [-0.39, 0.29) is 11.4 Å². The molecule has 0 aromatic carbocycles. The fraction of sp³-hybridized carbons (Fsp3) is 0. The van der Waals surface area contributed by atoms with Crippen LogP contribution in [0.2, 0.25) is 0 Å². The van der Waals surface area contributed by atoms with Crippen LogP contribution in [-0.4, -0.2) is 9.97 Å². The predicted octanol–water partition coefficient (Wildman–Crippen LogP) is 0.982. The number of nitrogens with zero attached hydrogens (tertiary/aromatic N) is 4. The lowest BCUT2D eigenvalue weighted by molar-refractivity contribution is 1.10. The molecule has 1 aromatic heterocycles. The largest absolute Gasteiger partial charge is 0.224 e. The van der Waals surface area contributed by atoms with E-state index in [2.05, 4.69) is 25.9 Å². The van der Waals surface area contributed by atoms with Gasteiger partial charge in [-0.3, -0.25) is 0 Å².